The summed E-state index contributed by atoms with van der Waals surface area (Å²) in [7, 11) is 0. The lowest BCUT2D eigenvalue weighted by molar-refractivity contribution is 0.461. The Kier molecular flexibility index (Phi) is 9.34. The minimum absolute atomic E-state index is 0. The highest BCUT2D eigenvalue weighted by molar-refractivity contribution is 14.0. The molecule has 1 fully saturated rings. The molecule has 0 aliphatic carbocycles. The van der Waals surface area contributed by atoms with E-state index in [9.17, 15) is 0 Å². The second-order valence-electron chi connectivity index (χ2n) is 7.85. The van der Waals surface area contributed by atoms with Crippen molar-refractivity contribution in [2.75, 3.05) is 24.5 Å². The van der Waals surface area contributed by atoms with E-state index in [0.717, 1.165) is 49.7 Å². The van der Waals surface area contributed by atoms with Crippen LogP contribution in [-0.4, -0.2) is 36.6 Å². The van der Waals surface area contributed by atoms with E-state index < -0.39 is 0 Å². The molecule has 6 heteroatoms. The van der Waals surface area contributed by atoms with Crippen LogP contribution in [-0.2, 0) is 6.54 Å². The molecular weight excluding hydrogens is 509 g/mol. The van der Waals surface area contributed by atoms with E-state index in [4.69, 9.17) is 4.99 Å². The van der Waals surface area contributed by atoms with Crippen molar-refractivity contribution < 1.29 is 0 Å². The van der Waals surface area contributed by atoms with Crippen LogP contribution in [0.4, 0.5) is 5.69 Å². The summed E-state index contributed by atoms with van der Waals surface area (Å²) in [5.74, 6) is 0.893. The Labute approximate surface area is 208 Å². The third-order valence-electron chi connectivity index (χ3n) is 5.61. The van der Waals surface area contributed by atoms with Gasteiger partial charge in [-0.05, 0) is 55.7 Å². The first kappa shape index (κ1) is 24.0. The van der Waals surface area contributed by atoms with Crippen LogP contribution in [0.1, 0.15) is 25.3 Å². The number of rotatable bonds is 6. The molecule has 2 heterocycles. The van der Waals surface area contributed by atoms with Crippen molar-refractivity contribution in [3.8, 4) is 11.3 Å². The Hall–Kier alpha value is -2.61. The van der Waals surface area contributed by atoms with E-state index in [1.54, 1.807) is 0 Å². The van der Waals surface area contributed by atoms with Crippen LogP contribution in [0.5, 0.6) is 0 Å². The van der Waals surface area contributed by atoms with Crippen molar-refractivity contribution in [2.45, 2.75) is 32.4 Å². The summed E-state index contributed by atoms with van der Waals surface area (Å²) in [6.07, 6.45) is 4.04. The Bertz CT molecular complexity index is 970. The fourth-order valence-corrected chi connectivity index (χ4v) is 3.97. The number of aliphatic imine (C=N–C) groups is 1. The number of nitrogens with one attached hydrogen (secondary N) is 2. The third-order valence-corrected chi connectivity index (χ3v) is 5.61. The zero-order chi connectivity index (χ0) is 21.3. The van der Waals surface area contributed by atoms with E-state index >= 15 is 0 Å². The molecule has 5 nitrogen and oxygen atoms in total. The largest absolute Gasteiger partial charge is 0.371 e. The second-order valence-corrected chi connectivity index (χ2v) is 7.85. The van der Waals surface area contributed by atoms with E-state index in [2.05, 4.69) is 82.0 Å². The predicted octanol–water partition coefficient (Wildman–Crippen LogP) is 5.09. The quantitative estimate of drug-likeness (QED) is 0.260. The molecule has 0 atom stereocenters. The number of guanidine groups is 1. The van der Waals surface area contributed by atoms with Gasteiger partial charge in [0.25, 0.3) is 0 Å². The molecule has 32 heavy (non-hydrogen) atoms. The van der Waals surface area contributed by atoms with Gasteiger partial charge in [-0.15, -0.1) is 24.0 Å². The van der Waals surface area contributed by atoms with Crippen molar-refractivity contribution in [3.05, 3.63) is 84.6 Å². The summed E-state index contributed by atoms with van der Waals surface area (Å²) in [5.41, 5.74) is 4.61. The summed E-state index contributed by atoms with van der Waals surface area (Å²) < 4.78 is 0. The van der Waals surface area contributed by atoms with Gasteiger partial charge in [0.2, 0.25) is 0 Å². The van der Waals surface area contributed by atoms with Gasteiger partial charge >= 0.3 is 0 Å². The Morgan fingerprint density at radius 1 is 1.00 bits per heavy atom. The van der Waals surface area contributed by atoms with Crippen LogP contribution in [0.2, 0.25) is 0 Å². The first-order valence-electron chi connectivity index (χ1n) is 11.2. The van der Waals surface area contributed by atoms with E-state index in [-0.39, 0.29) is 24.0 Å². The highest BCUT2D eigenvalue weighted by atomic mass is 127. The molecule has 1 aliphatic heterocycles. The third kappa shape index (κ3) is 6.69. The maximum absolute atomic E-state index is 4.85. The number of halogens is 1. The van der Waals surface area contributed by atoms with Crippen LogP contribution < -0.4 is 15.5 Å². The van der Waals surface area contributed by atoms with Crippen molar-refractivity contribution in [1.82, 2.24) is 15.6 Å². The van der Waals surface area contributed by atoms with Crippen LogP contribution in [0, 0.1) is 0 Å². The van der Waals surface area contributed by atoms with Crippen molar-refractivity contribution in [1.29, 1.82) is 0 Å². The zero-order valence-electron chi connectivity index (χ0n) is 18.6. The van der Waals surface area contributed by atoms with Gasteiger partial charge in [-0.3, -0.25) is 4.98 Å². The molecule has 2 N–H and O–H groups in total. The summed E-state index contributed by atoms with van der Waals surface area (Å²) in [5, 5.41) is 7.05. The van der Waals surface area contributed by atoms with Gasteiger partial charge < -0.3 is 15.5 Å². The van der Waals surface area contributed by atoms with Gasteiger partial charge in [0.05, 0.1) is 12.2 Å². The normalized spacial score (nSPS) is 14.5. The monoisotopic (exact) mass is 541 g/mol. The number of benzene rings is 2. The first-order valence-corrected chi connectivity index (χ1v) is 11.2. The SMILES string of the molecule is CCNC(=NCc1cccc(-c2ccccn2)c1)NC1CCN(c2ccccc2)CC1.I. The van der Waals surface area contributed by atoms with Crippen LogP contribution in [0.15, 0.2) is 84.0 Å². The molecule has 168 valence electrons. The second kappa shape index (κ2) is 12.4. The number of aromatic nitrogens is 1. The number of anilines is 1. The molecular formula is C26H32IN5. The van der Waals surface area contributed by atoms with E-state index in [1.165, 1.54) is 11.3 Å². The highest BCUT2D eigenvalue weighted by Gasteiger charge is 2.20. The number of nitrogens with zero attached hydrogens (tertiary/aromatic N) is 3. The first-order chi connectivity index (χ1) is 15.3. The summed E-state index contributed by atoms with van der Waals surface area (Å²) >= 11 is 0. The molecule has 0 amide bonds. The van der Waals surface area contributed by atoms with Gasteiger partial charge in [-0.2, -0.15) is 0 Å². The van der Waals surface area contributed by atoms with Crippen molar-refractivity contribution in [2.24, 2.45) is 4.99 Å². The van der Waals surface area contributed by atoms with Gasteiger partial charge in [0, 0.05) is 43.1 Å². The molecule has 1 saturated heterocycles. The Morgan fingerprint density at radius 2 is 1.78 bits per heavy atom. The average Bonchev–Trinajstić information content (AvgIpc) is 2.84. The fraction of sp³-hybridized carbons (Fsp3) is 0.308. The van der Waals surface area contributed by atoms with E-state index in [0.29, 0.717) is 12.6 Å². The molecule has 2 aromatic carbocycles. The van der Waals surface area contributed by atoms with E-state index in [1.807, 2.05) is 24.4 Å². The maximum Gasteiger partial charge on any atom is 0.191 e. The van der Waals surface area contributed by atoms with Gasteiger partial charge in [0.15, 0.2) is 5.96 Å². The molecule has 0 radical (unpaired) electrons. The van der Waals surface area contributed by atoms with Crippen molar-refractivity contribution >= 4 is 35.6 Å². The molecule has 0 spiro atoms. The lowest BCUT2D eigenvalue weighted by atomic mass is 10.0. The predicted molar refractivity (Wildman–Crippen MR) is 145 cm³/mol. The molecule has 4 rings (SSSR count). The lowest BCUT2D eigenvalue weighted by Gasteiger charge is -2.34. The van der Waals surface area contributed by atoms with Gasteiger partial charge in [-0.1, -0.05) is 42.5 Å². The van der Waals surface area contributed by atoms with Gasteiger partial charge in [-0.25, -0.2) is 4.99 Å². The van der Waals surface area contributed by atoms with Gasteiger partial charge in [0.1, 0.15) is 0 Å². The van der Waals surface area contributed by atoms with Crippen molar-refractivity contribution in [3.63, 3.8) is 0 Å². The molecule has 3 aromatic rings. The number of pyridine rings is 1. The molecule has 0 saturated carbocycles. The highest BCUT2D eigenvalue weighted by Crippen LogP contribution is 2.20. The van der Waals surface area contributed by atoms with Crippen LogP contribution >= 0.6 is 24.0 Å². The smallest absolute Gasteiger partial charge is 0.191 e. The average molecular weight is 541 g/mol. The lowest BCUT2D eigenvalue weighted by Crippen LogP contribution is -2.48. The Balaban J connectivity index is 0.00000289. The zero-order valence-corrected chi connectivity index (χ0v) is 20.9. The summed E-state index contributed by atoms with van der Waals surface area (Å²) in [4.78, 5) is 11.8. The number of hydrogen-bond acceptors (Lipinski definition) is 3. The summed E-state index contributed by atoms with van der Waals surface area (Å²) in [6.45, 7) is 5.72. The van der Waals surface area contributed by atoms with Crippen LogP contribution in [0.3, 0.4) is 0 Å². The molecule has 1 aliphatic rings. The molecule has 0 unspecified atom stereocenters. The molecule has 0 bridgehead atoms. The fourth-order valence-electron chi connectivity index (χ4n) is 3.97. The maximum atomic E-state index is 4.85. The van der Waals surface area contributed by atoms with Crippen LogP contribution in [0.25, 0.3) is 11.3 Å². The summed E-state index contributed by atoms with van der Waals surface area (Å²) in [6, 6.07) is 25.6. The minimum Gasteiger partial charge on any atom is -0.371 e. The number of hydrogen-bond donors (Lipinski definition) is 2. The standard InChI is InChI=1S/C26H31N5.HI/c1-2-27-26(30-23-14-17-31(18-15-23)24-11-4-3-5-12-24)29-20-21-9-8-10-22(19-21)25-13-6-7-16-28-25;/h3-13,16,19,23H,2,14-15,17-18,20H2,1H3,(H2,27,29,30);1H. The topological polar surface area (TPSA) is 52.6 Å². The molecule has 1 aromatic heterocycles. The number of para-hydroxylation sites is 1. The minimum atomic E-state index is 0. The number of piperidine rings is 1. The Morgan fingerprint density at radius 3 is 2.50 bits per heavy atom.